The number of nitrogens with zero attached hydrogens (tertiary/aromatic N) is 1. The third-order valence-corrected chi connectivity index (χ3v) is 7.08. The Morgan fingerprint density at radius 2 is 2.00 bits per heavy atom. The summed E-state index contributed by atoms with van der Waals surface area (Å²) < 4.78 is 0. The summed E-state index contributed by atoms with van der Waals surface area (Å²) >= 11 is 7.71. The van der Waals surface area contributed by atoms with Crippen LogP contribution in [0.3, 0.4) is 0 Å². The van der Waals surface area contributed by atoms with Crippen LogP contribution in [0.25, 0.3) is 10.9 Å². The Morgan fingerprint density at radius 3 is 2.78 bits per heavy atom. The zero-order valence-corrected chi connectivity index (χ0v) is 19.0. The number of rotatable bonds is 5. The van der Waals surface area contributed by atoms with Gasteiger partial charge in [0.25, 0.3) is 5.91 Å². The predicted octanol–water partition coefficient (Wildman–Crippen LogP) is 5.33. The first-order valence-electron chi connectivity index (χ1n) is 10.5. The molecule has 0 unspecified atom stereocenters. The van der Waals surface area contributed by atoms with Crippen molar-refractivity contribution in [1.29, 1.82) is 0 Å². The predicted molar refractivity (Wildman–Crippen MR) is 128 cm³/mol. The van der Waals surface area contributed by atoms with Crippen molar-refractivity contribution in [2.24, 2.45) is 0 Å². The van der Waals surface area contributed by atoms with E-state index in [1.54, 1.807) is 24.3 Å². The molecule has 1 aliphatic rings. The second-order valence-electron chi connectivity index (χ2n) is 8.07. The Kier molecular flexibility index (Phi) is 5.49. The summed E-state index contributed by atoms with van der Waals surface area (Å²) in [4.78, 5) is 32.1. The van der Waals surface area contributed by atoms with Crippen molar-refractivity contribution in [1.82, 2.24) is 15.2 Å². The van der Waals surface area contributed by atoms with Crippen molar-refractivity contribution in [2.45, 2.75) is 32.0 Å². The molecular weight excluding hydrogens is 442 g/mol. The van der Waals surface area contributed by atoms with Crippen molar-refractivity contribution >= 4 is 45.7 Å². The first-order chi connectivity index (χ1) is 15.5. The van der Waals surface area contributed by atoms with Crippen LogP contribution >= 0.6 is 22.9 Å². The van der Waals surface area contributed by atoms with E-state index in [0.29, 0.717) is 23.7 Å². The highest BCUT2D eigenvalue weighted by molar-refractivity contribution is 7.09. The van der Waals surface area contributed by atoms with Gasteiger partial charge in [-0.25, -0.2) is 0 Å². The number of hydrogen-bond acceptors (Lipinski definition) is 3. The minimum absolute atomic E-state index is 0.0143. The molecule has 2 N–H and O–H groups in total. The number of amides is 2. The first kappa shape index (κ1) is 20.8. The van der Waals surface area contributed by atoms with Gasteiger partial charge in [-0.3, -0.25) is 9.59 Å². The molecule has 0 fully saturated rings. The Hall–Kier alpha value is -3.09. The number of aromatic amines is 1. The lowest BCUT2D eigenvalue weighted by Gasteiger charge is -2.33. The molecule has 2 aromatic heterocycles. The second-order valence-corrected chi connectivity index (χ2v) is 9.54. The van der Waals surface area contributed by atoms with Gasteiger partial charge in [0.15, 0.2) is 0 Å². The molecule has 2 atom stereocenters. The SMILES string of the molecule is CC(=O)N(Cc1cccs1)[C@H]1c2ccccc2C[C@@H]1NC(=O)c1cc2cc(Cl)ccc2[nH]1. The van der Waals surface area contributed by atoms with Gasteiger partial charge in [0, 0.05) is 27.7 Å². The molecule has 2 aromatic carbocycles. The number of halogens is 1. The first-order valence-corrected chi connectivity index (χ1v) is 11.7. The third kappa shape index (κ3) is 3.92. The van der Waals surface area contributed by atoms with Crippen LogP contribution in [0.2, 0.25) is 5.02 Å². The minimum Gasteiger partial charge on any atom is -0.351 e. The van der Waals surface area contributed by atoms with E-state index in [9.17, 15) is 9.59 Å². The summed E-state index contributed by atoms with van der Waals surface area (Å²) in [5.74, 6) is -0.209. The van der Waals surface area contributed by atoms with Gasteiger partial charge in [-0.2, -0.15) is 0 Å². The van der Waals surface area contributed by atoms with E-state index >= 15 is 0 Å². The molecule has 2 amide bonds. The molecule has 32 heavy (non-hydrogen) atoms. The molecule has 0 saturated carbocycles. The van der Waals surface area contributed by atoms with Crippen molar-refractivity contribution in [3.8, 4) is 0 Å². The van der Waals surface area contributed by atoms with Crippen molar-refractivity contribution < 1.29 is 9.59 Å². The molecule has 2 heterocycles. The zero-order valence-electron chi connectivity index (χ0n) is 17.5. The van der Waals surface area contributed by atoms with Gasteiger partial charge in [-0.1, -0.05) is 41.9 Å². The number of carbonyl (C=O) groups is 2. The monoisotopic (exact) mass is 463 g/mol. The maximum Gasteiger partial charge on any atom is 0.268 e. The van der Waals surface area contributed by atoms with Gasteiger partial charge < -0.3 is 15.2 Å². The molecule has 0 aliphatic heterocycles. The molecule has 162 valence electrons. The van der Waals surface area contributed by atoms with Crippen LogP contribution in [0.15, 0.2) is 66.0 Å². The summed E-state index contributed by atoms with van der Waals surface area (Å²) in [5.41, 5.74) is 3.58. The largest absolute Gasteiger partial charge is 0.351 e. The number of nitrogens with one attached hydrogen (secondary N) is 2. The Balaban J connectivity index is 1.45. The van der Waals surface area contributed by atoms with E-state index in [-0.39, 0.29) is 23.9 Å². The molecule has 0 bridgehead atoms. The second kappa shape index (κ2) is 8.45. The average molecular weight is 464 g/mol. The minimum atomic E-state index is -0.228. The average Bonchev–Trinajstić information content (AvgIpc) is 3.50. The molecular formula is C25H22ClN3O2S. The molecule has 0 spiro atoms. The number of carbonyl (C=O) groups excluding carboxylic acids is 2. The van der Waals surface area contributed by atoms with E-state index in [2.05, 4.69) is 22.4 Å². The molecule has 5 rings (SSSR count). The van der Waals surface area contributed by atoms with Crippen LogP contribution in [0, 0.1) is 0 Å². The normalized spacial score (nSPS) is 17.3. The highest BCUT2D eigenvalue weighted by Gasteiger charge is 2.39. The molecule has 0 saturated heterocycles. The maximum atomic E-state index is 13.2. The van der Waals surface area contributed by atoms with Crippen LogP contribution in [0.5, 0.6) is 0 Å². The highest BCUT2D eigenvalue weighted by atomic mass is 35.5. The van der Waals surface area contributed by atoms with E-state index in [4.69, 9.17) is 11.6 Å². The zero-order chi connectivity index (χ0) is 22.2. The third-order valence-electron chi connectivity index (χ3n) is 5.99. The van der Waals surface area contributed by atoms with Crippen LogP contribution < -0.4 is 5.32 Å². The van der Waals surface area contributed by atoms with Crippen LogP contribution in [-0.2, 0) is 17.8 Å². The van der Waals surface area contributed by atoms with Crippen LogP contribution in [0.1, 0.15) is 39.5 Å². The maximum absolute atomic E-state index is 13.2. The Morgan fingerprint density at radius 1 is 1.16 bits per heavy atom. The lowest BCUT2D eigenvalue weighted by atomic mass is 10.0. The van der Waals surface area contributed by atoms with Crippen molar-refractivity contribution in [2.75, 3.05) is 0 Å². The summed E-state index contributed by atoms with van der Waals surface area (Å²) in [7, 11) is 0. The number of hydrogen-bond donors (Lipinski definition) is 2. The van der Waals surface area contributed by atoms with Gasteiger partial charge in [0.2, 0.25) is 5.91 Å². The lowest BCUT2D eigenvalue weighted by molar-refractivity contribution is -0.132. The summed E-state index contributed by atoms with van der Waals surface area (Å²) in [6.45, 7) is 2.11. The van der Waals surface area contributed by atoms with E-state index in [1.807, 2.05) is 52.7 Å². The fraction of sp³-hybridized carbons (Fsp3) is 0.200. The van der Waals surface area contributed by atoms with Gasteiger partial charge in [0.05, 0.1) is 18.6 Å². The summed E-state index contributed by atoms with van der Waals surface area (Å²) in [6, 6.07) is 19.0. The highest BCUT2D eigenvalue weighted by Crippen LogP contribution is 2.37. The van der Waals surface area contributed by atoms with E-state index in [1.165, 1.54) is 0 Å². The topological polar surface area (TPSA) is 65.2 Å². The lowest BCUT2D eigenvalue weighted by Crippen LogP contribution is -2.45. The molecule has 1 aliphatic carbocycles. The number of fused-ring (bicyclic) bond motifs is 2. The van der Waals surface area contributed by atoms with Crippen molar-refractivity contribution in [3.05, 3.63) is 92.8 Å². The Labute approximate surface area is 195 Å². The van der Waals surface area contributed by atoms with E-state index < -0.39 is 0 Å². The van der Waals surface area contributed by atoms with E-state index in [0.717, 1.165) is 26.9 Å². The van der Waals surface area contributed by atoms with Gasteiger partial charge in [-0.15, -0.1) is 11.3 Å². The van der Waals surface area contributed by atoms with Crippen molar-refractivity contribution in [3.63, 3.8) is 0 Å². The quantitative estimate of drug-likeness (QED) is 0.420. The molecule has 4 aromatic rings. The van der Waals surface area contributed by atoms with Gasteiger partial charge >= 0.3 is 0 Å². The molecule has 0 radical (unpaired) electrons. The number of benzene rings is 2. The standard InChI is InChI=1S/C25H22ClN3O2S/c1-15(30)29(14-19-6-4-10-32-19)24-20-7-3-2-5-16(20)12-22(24)28-25(31)23-13-17-11-18(26)8-9-21(17)27-23/h2-11,13,22,24,27H,12,14H2,1H3,(H,28,31)/t22-,24-/m0/s1. The summed E-state index contributed by atoms with van der Waals surface area (Å²) in [5, 5.41) is 6.71. The van der Waals surface area contributed by atoms with Gasteiger partial charge in [0.1, 0.15) is 5.69 Å². The van der Waals surface area contributed by atoms with Gasteiger partial charge in [-0.05, 0) is 53.3 Å². The van der Waals surface area contributed by atoms with Crippen LogP contribution in [0.4, 0.5) is 0 Å². The summed E-state index contributed by atoms with van der Waals surface area (Å²) in [6.07, 6.45) is 0.673. The molecule has 7 heteroatoms. The Bertz CT molecular complexity index is 1300. The fourth-order valence-corrected chi connectivity index (χ4v) is 5.42. The smallest absolute Gasteiger partial charge is 0.268 e. The number of thiophene rings is 1. The van der Waals surface area contributed by atoms with Crippen LogP contribution in [-0.4, -0.2) is 27.7 Å². The molecule has 5 nitrogen and oxygen atoms in total. The fourth-order valence-electron chi connectivity index (χ4n) is 4.54. The number of aromatic nitrogens is 1. The number of H-pyrrole nitrogens is 1.